The number of thioether (sulfide) groups is 1. The van der Waals surface area contributed by atoms with Crippen LogP contribution in [0.25, 0.3) is 5.65 Å². The first-order valence-electron chi connectivity index (χ1n) is 7.75. The molecule has 0 amide bonds. The fraction of sp³-hybridized carbons (Fsp3) is 0.278. The monoisotopic (exact) mass is 326 g/mol. The quantitative estimate of drug-likeness (QED) is 0.679. The Balaban J connectivity index is 1.51. The maximum atomic E-state index is 5.75. The molecule has 3 aromatic rings. The summed E-state index contributed by atoms with van der Waals surface area (Å²) in [7, 11) is 0. The summed E-state index contributed by atoms with van der Waals surface area (Å²) in [5.41, 5.74) is 3.30. The zero-order valence-electron chi connectivity index (χ0n) is 13.0. The summed E-state index contributed by atoms with van der Waals surface area (Å²) in [5, 5.41) is 0. The smallest absolute Gasteiger partial charge is 0.162 e. The Morgan fingerprint density at radius 1 is 1.17 bits per heavy atom. The van der Waals surface area contributed by atoms with Crippen LogP contribution in [-0.4, -0.2) is 22.6 Å². The van der Waals surface area contributed by atoms with E-state index >= 15 is 0 Å². The molecule has 2 aromatic heterocycles. The highest BCUT2D eigenvalue weighted by atomic mass is 32.2. The van der Waals surface area contributed by atoms with Crippen LogP contribution in [0.1, 0.15) is 17.7 Å². The first-order chi connectivity index (χ1) is 11.3. The van der Waals surface area contributed by atoms with Crippen molar-refractivity contribution >= 4 is 17.4 Å². The summed E-state index contributed by atoms with van der Waals surface area (Å²) in [6.07, 6.45) is 5.06. The molecule has 0 unspecified atom stereocenters. The molecule has 0 N–H and O–H groups in total. The lowest BCUT2D eigenvalue weighted by molar-refractivity contribution is 0.297. The molecule has 0 spiro atoms. The fourth-order valence-electron chi connectivity index (χ4n) is 2.66. The number of hydrogen-bond donors (Lipinski definition) is 0. The van der Waals surface area contributed by atoms with Gasteiger partial charge in [-0.25, -0.2) is 4.98 Å². The molecule has 0 bridgehead atoms. The summed E-state index contributed by atoms with van der Waals surface area (Å²) in [5.74, 6) is 2.52. The zero-order chi connectivity index (χ0) is 15.6. The SMILES string of the molecule is Cc1cccn2cc(CSc3ccc4c(c3)OCCCO4)nc12. The number of pyridine rings is 1. The first kappa shape index (κ1) is 14.5. The Labute approximate surface area is 139 Å². The Morgan fingerprint density at radius 3 is 2.91 bits per heavy atom. The van der Waals surface area contributed by atoms with Crippen LogP contribution in [0, 0.1) is 6.92 Å². The van der Waals surface area contributed by atoms with Gasteiger partial charge in [0.2, 0.25) is 0 Å². The van der Waals surface area contributed by atoms with Crippen LogP contribution < -0.4 is 9.47 Å². The number of hydrogen-bond acceptors (Lipinski definition) is 4. The highest BCUT2D eigenvalue weighted by Crippen LogP contribution is 2.34. The second kappa shape index (κ2) is 6.16. The molecule has 4 rings (SSSR count). The molecule has 5 heteroatoms. The first-order valence-corrected chi connectivity index (χ1v) is 8.74. The van der Waals surface area contributed by atoms with Crippen molar-refractivity contribution in [3.63, 3.8) is 0 Å². The van der Waals surface area contributed by atoms with Crippen molar-refractivity contribution in [1.29, 1.82) is 0 Å². The van der Waals surface area contributed by atoms with Gasteiger partial charge in [0.25, 0.3) is 0 Å². The van der Waals surface area contributed by atoms with Gasteiger partial charge in [-0.05, 0) is 36.8 Å². The predicted molar refractivity (Wildman–Crippen MR) is 91.5 cm³/mol. The zero-order valence-corrected chi connectivity index (χ0v) is 13.8. The van der Waals surface area contributed by atoms with Crippen LogP contribution in [0.2, 0.25) is 0 Å². The highest BCUT2D eigenvalue weighted by Gasteiger charge is 2.11. The minimum Gasteiger partial charge on any atom is -0.490 e. The van der Waals surface area contributed by atoms with Crippen molar-refractivity contribution in [2.75, 3.05) is 13.2 Å². The van der Waals surface area contributed by atoms with Gasteiger partial charge in [-0.3, -0.25) is 0 Å². The maximum Gasteiger partial charge on any atom is 0.162 e. The van der Waals surface area contributed by atoms with Crippen LogP contribution >= 0.6 is 11.8 Å². The second-order valence-corrected chi connectivity index (χ2v) is 6.65. The fourth-order valence-corrected chi connectivity index (χ4v) is 3.47. The molecular weight excluding hydrogens is 308 g/mol. The van der Waals surface area contributed by atoms with E-state index in [-0.39, 0.29) is 0 Å². The molecule has 0 saturated carbocycles. The molecule has 23 heavy (non-hydrogen) atoms. The molecule has 0 fully saturated rings. The summed E-state index contributed by atoms with van der Waals surface area (Å²) in [6.45, 7) is 3.52. The maximum absolute atomic E-state index is 5.75. The molecule has 1 aliphatic rings. The largest absolute Gasteiger partial charge is 0.490 e. The molecule has 0 saturated heterocycles. The average Bonchev–Trinajstić information content (AvgIpc) is 2.84. The van der Waals surface area contributed by atoms with Crippen molar-refractivity contribution in [1.82, 2.24) is 9.38 Å². The number of rotatable bonds is 3. The normalized spacial score (nSPS) is 14.0. The lowest BCUT2D eigenvalue weighted by atomic mass is 10.3. The van der Waals surface area contributed by atoms with Gasteiger partial charge in [-0.2, -0.15) is 0 Å². The lowest BCUT2D eigenvalue weighted by Gasteiger charge is -2.08. The number of ether oxygens (including phenoxy) is 2. The van der Waals surface area contributed by atoms with Crippen LogP contribution in [0.3, 0.4) is 0 Å². The molecular formula is C18H18N2O2S. The molecule has 1 aromatic carbocycles. The Morgan fingerprint density at radius 2 is 2.04 bits per heavy atom. The van der Waals surface area contributed by atoms with Crippen molar-refractivity contribution in [3.8, 4) is 11.5 Å². The topological polar surface area (TPSA) is 35.8 Å². The van der Waals surface area contributed by atoms with E-state index in [2.05, 4.69) is 35.7 Å². The number of benzene rings is 1. The van der Waals surface area contributed by atoms with Crippen LogP contribution in [0.5, 0.6) is 11.5 Å². The summed E-state index contributed by atoms with van der Waals surface area (Å²) >= 11 is 1.76. The van der Waals surface area contributed by atoms with Gasteiger partial charge in [0.15, 0.2) is 11.5 Å². The molecule has 1 aliphatic heterocycles. The highest BCUT2D eigenvalue weighted by molar-refractivity contribution is 7.98. The number of aryl methyl sites for hydroxylation is 1. The predicted octanol–water partition coefficient (Wildman–Crippen LogP) is 4.10. The Hall–Kier alpha value is -2.14. The van der Waals surface area contributed by atoms with E-state index in [1.165, 1.54) is 10.5 Å². The summed E-state index contributed by atoms with van der Waals surface area (Å²) in [4.78, 5) is 5.89. The van der Waals surface area contributed by atoms with Gasteiger partial charge in [-0.1, -0.05) is 6.07 Å². The van der Waals surface area contributed by atoms with E-state index < -0.39 is 0 Å². The average molecular weight is 326 g/mol. The van der Waals surface area contributed by atoms with Crippen molar-refractivity contribution in [3.05, 3.63) is 54.0 Å². The molecule has 0 atom stereocenters. The Bertz CT molecular complexity index is 844. The standard InChI is InChI=1S/C18H18N2O2S/c1-13-4-2-7-20-11-14(19-18(13)20)12-23-15-5-6-16-17(10-15)22-9-3-8-21-16/h2,4-7,10-11H,3,8-9,12H2,1H3. The minimum atomic E-state index is 0.715. The van der Waals surface area contributed by atoms with E-state index in [1.807, 2.05) is 18.3 Å². The third-order valence-electron chi connectivity index (χ3n) is 3.83. The lowest BCUT2D eigenvalue weighted by Crippen LogP contribution is -1.97. The number of nitrogens with zero attached hydrogens (tertiary/aromatic N) is 2. The van der Waals surface area contributed by atoms with Crippen molar-refractivity contribution < 1.29 is 9.47 Å². The molecule has 0 aliphatic carbocycles. The molecule has 118 valence electrons. The second-order valence-electron chi connectivity index (χ2n) is 5.60. The molecule has 0 radical (unpaired) electrons. The van der Waals surface area contributed by atoms with Gasteiger partial charge in [0.05, 0.1) is 18.9 Å². The van der Waals surface area contributed by atoms with Crippen LogP contribution in [0.15, 0.2) is 47.6 Å². The molecule has 4 nitrogen and oxygen atoms in total. The van der Waals surface area contributed by atoms with Crippen LogP contribution in [0.4, 0.5) is 0 Å². The number of fused-ring (bicyclic) bond motifs is 2. The van der Waals surface area contributed by atoms with Crippen molar-refractivity contribution in [2.45, 2.75) is 24.0 Å². The molecule has 3 heterocycles. The third kappa shape index (κ3) is 3.01. The summed E-state index contributed by atoms with van der Waals surface area (Å²) < 4.78 is 13.5. The van der Waals surface area contributed by atoms with E-state index in [4.69, 9.17) is 14.5 Å². The van der Waals surface area contributed by atoms with E-state index in [0.29, 0.717) is 6.61 Å². The van der Waals surface area contributed by atoms with Crippen LogP contribution in [-0.2, 0) is 5.75 Å². The van der Waals surface area contributed by atoms with Gasteiger partial charge in [-0.15, -0.1) is 11.8 Å². The summed E-state index contributed by atoms with van der Waals surface area (Å²) in [6, 6.07) is 10.3. The number of imidazole rings is 1. The third-order valence-corrected chi connectivity index (χ3v) is 4.86. The van der Waals surface area contributed by atoms with Gasteiger partial charge < -0.3 is 13.9 Å². The van der Waals surface area contributed by atoms with Crippen molar-refractivity contribution in [2.24, 2.45) is 0 Å². The van der Waals surface area contributed by atoms with E-state index in [0.717, 1.165) is 41.6 Å². The van der Waals surface area contributed by atoms with Gasteiger partial charge in [0.1, 0.15) is 5.65 Å². The van der Waals surface area contributed by atoms with E-state index in [9.17, 15) is 0 Å². The van der Waals surface area contributed by atoms with E-state index in [1.54, 1.807) is 11.8 Å². The Kier molecular flexibility index (Phi) is 3.87. The van der Waals surface area contributed by atoms with Gasteiger partial charge >= 0.3 is 0 Å². The van der Waals surface area contributed by atoms with Gasteiger partial charge in [0, 0.05) is 29.5 Å². The number of aromatic nitrogens is 2. The minimum absolute atomic E-state index is 0.715.